The molecule has 8 heteroatoms. The highest BCUT2D eigenvalue weighted by Gasteiger charge is 2.48. The molecule has 0 bridgehead atoms. The highest BCUT2D eigenvalue weighted by atomic mass is 79.9. The number of sulfonamides is 1. The van der Waals surface area contributed by atoms with Gasteiger partial charge in [-0.2, -0.15) is 0 Å². The monoisotopic (exact) mass is 495 g/mol. The zero-order valence-electron chi connectivity index (χ0n) is 17.6. The molecule has 0 aliphatic carbocycles. The Balaban J connectivity index is 3.73. The van der Waals surface area contributed by atoms with Gasteiger partial charge < -0.3 is 4.74 Å². The topological polar surface area (TPSA) is 72.5 Å². The zero-order chi connectivity index (χ0) is 21.9. The van der Waals surface area contributed by atoms with Gasteiger partial charge in [-0.05, 0) is 74.2 Å². The summed E-state index contributed by atoms with van der Waals surface area (Å²) in [7, 11) is -3.77. The van der Waals surface area contributed by atoms with Gasteiger partial charge in [-0.15, -0.1) is 0 Å². The summed E-state index contributed by atoms with van der Waals surface area (Å²) in [6, 6.07) is 5.21. The second kappa shape index (κ2) is 9.45. The molecule has 5 nitrogen and oxygen atoms in total. The van der Waals surface area contributed by atoms with Crippen LogP contribution in [0.3, 0.4) is 0 Å². The molecule has 0 amide bonds. The second-order valence-electron chi connectivity index (χ2n) is 8.16. The minimum absolute atomic E-state index is 0.130. The number of carbonyl (C=O) groups is 1. The van der Waals surface area contributed by atoms with Crippen molar-refractivity contribution < 1.29 is 17.9 Å². The van der Waals surface area contributed by atoms with Gasteiger partial charge in [-0.1, -0.05) is 37.9 Å². The normalized spacial score (nSPS) is 16.9. The number of rotatable bonds is 8. The van der Waals surface area contributed by atoms with Crippen LogP contribution in [-0.2, 0) is 25.1 Å². The lowest BCUT2D eigenvalue weighted by atomic mass is 9.73. The van der Waals surface area contributed by atoms with Crippen molar-refractivity contribution in [1.82, 2.24) is 4.72 Å². The van der Waals surface area contributed by atoms with Crippen molar-refractivity contribution in [2.45, 2.75) is 65.2 Å². The Morgan fingerprint density at radius 3 is 2.25 bits per heavy atom. The van der Waals surface area contributed by atoms with Gasteiger partial charge >= 0.3 is 5.97 Å². The number of benzene rings is 1. The maximum atomic E-state index is 13.1. The third-order valence-electron chi connectivity index (χ3n) is 5.05. The van der Waals surface area contributed by atoms with Gasteiger partial charge in [0, 0.05) is 4.47 Å². The van der Waals surface area contributed by atoms with Crippen LogP contribution in [-0.4, -0.2) is 25.7 Å². The fraction of sp³-hybridized carbons (Fsp3) is 0.650. The second-order valence-corrected chi connectivity index (χ2v) is 11.9. The SMILES string of the molecule is CCOC(=O)C(C(C)CC)C(C)(NS(=O)(=O)C(C)(C)C)c1ccc(Br)c(Cl)c1. The summed E-state index contributed by atoms with van der Waals surface area (Å²) < 4.78 is 34.0. The average molecular weight is 497 g/mol. The molecular formula is C20H31BrClNO4S. The summed E-state index contributed by atoms with van der Waals surface area (Å²) >= 11 is 9.66. The molecule has 0 radical (unpaired) electrons. The highest BCUT2D eigenvalue weighted by Crippen LogP contribution is 2.40. The summed E-state index contributed by atoms with van der Waals surface area (Å²) in [5.41, 5.74) is -0.634. The standard InChI is InChI=1S/C20H31BrClNO4S/c1-8-13(3)17(18(24)27-9-2)20(7,23-28(25,26)19(4,5)6)14-10-11-15(21)16(22)12-14/h10-13,17,23H,8-9H2,1-7H3. The van der Waals surface area contributed by atoms with Gasteiger partial charge in [0.05, 0.1) is 27.8 Å². The van der Waals surface area contributed by atoms with Crippen LogP contribution in [0.5, 0.6) is 0 Å². The van der Waals surface area contributed by atoms with E-state index in [2.05, 4.69) is 20.7 Å². The van der Waals surface area contributed by atoms with Crippen LogP contribution in [0.25, 0.3) is 0 Å². The van der Waals surface area contributed by atoms with E-state index >= 15 is 0 Å². The fourth-order valence-electron chi connectivity index (χ4n) is 3.06. The molecule has 0 fully saturated rings. The van der Waals surface area contributed by atoms with E-state index in [1.807, 2.05) is 13.8 Å². The Hall–Kier alpha value is -0.630. The van der Waals surface area contributed by atoms with E-state index in [0.29, 0.717) is 21.5 Å². The molecule has 0 saturated carbocycles. The summed E-state index contributed by atoms with van der Waals surface area (Å²) in [6.07, 6.45) is 0.681. The van der Waals surface area contributed by atoms with Crippen LogP contribution in [0, 0.1) is 11.8 Å². The Bertz CT molecular complexity index is 807. The summed E-state index contributed by atoms with van der Waals surface area (Å²) in [5.74, 6) is -1.30. The summed E-state index contributed by atoms with van der Waals surface area (Å²) in [6.45, 7) is 12.4. The predicted octanol–water partition coefficient (Wildman–Crippen LogP) is 5.26. The van der Waals surface area contributed by atoms with Crippen LogP contribution in [0.4, 0.5) is 0 Å². The largest absolute Gasteiger partial charge is 0.466 e. The lowest BCUT2D eigenvalue weighted by Crippen LogP contribution is -2.57. The quantitative estimate of drug-likeness (QED) is 0.498. The Kier molecular flexibility index (Phi) is 8.58. The molecule has 0 aliphatic heterocycles. The van der Waals surface area contributed by atoms with Gasteiger partial charge in [0.25, 0.3) is 0 Å². The van der Waals surface area contributed by atoms with Crippen molar-refractivity contribution in [2.24, 2.45) is 11.8 Å². The summed E-state index contributed by atoms with van der Waals surface area (Å²) in [5, 5.41) is 0.436. The Labute approximate surface area is 182 Å². The van der Waals surface area contributed by atoms with Crippen LogP contribution in [0.1, 0.15) is 60.5 Å². The molecule has 3 unspecified atom stereocenters. The lowest BCUT2D eigenvalue weighted by Gasteiger charge is -2.41. The molecule has 0 heterocycles. The Morgan fingerprint density at radius 1 is 1.25 bits per heavy atom. The number of nitrogens with one attached hydrogen (secondary N) is 1. The number of esters is 1. The van der Waals surface area contributed by atoms with E-state index in [0.717, 1.165) is 0 Å². The fourth-order valence-corrected chi connectivity index (χ4v) is 4.59. The number of halogens is 2. The van der Waals surface area contributed by atoms with Gasteiger partial charge in [-0.3, -0.25) is 4.79 Å². The van der Waals surface area contributed by atoms with Crippen molar-refractivity contribution in [2.75, 3.05) is 6.61 Å². The van der Waals surface area contributed by atoms with Crippen LogP contribution < -0.4 is 4.72 Å². The van der Waals surface area contributed by atoms with E-state index in [4.69, 9.17) is 16.3 Å². The molecule has 1 aromatic rings. The molecule has 1 aromatic carbocycles. The maximum Gasteiger partial charge on any atom is 0.311 e. The number of carbonyl (C=O) groups excluding carboxylic acids is 1. The third-order valence-corrected chi connectivity index (χ3v) is 8.58. The molecule has 28 heavy (non-hydrogen) atoms. The van der Waals surface area contributed by atoms with Crippen LogP contribution in [0.2, 0.25) is 5.02 Å². The molecule has 1 rings (SSSR count). The molecular weight excluding hydrogens is 466 g/mol. The van der Waals surface area contributed by atoms with Crippen LogP contribution >= 0.6 is 27.5 Å². The minimum atomic E-state index is -3.77. The molecule has 0 saturated heterocycles. The van der Waals surface area contributed by atoms with E-state index < -0.39 is 32.2 Å². The average Bonchev–Trinajstić information content (AvgIpc) is 2.55. The minimum Gasteiger partial charge on any atom is -0.466 e. The van der Waals surface area contributed by atoms with Crippen LogP contribution in [0.15, 0.2) is 22.7 Å². The van der Waals surface area contributed by atoms with E-state index in [9.17, 15) is 13.2 Å². The molecule has 160 valence electrons. The smallest absolute Gasteiger partial charge is 0.311 e. The maximum absolute atomic E-state index is 13.1. The van der Waals surface area contributed by atoms with Crippen molar-refractivity contribution in [3.63, 3.8) is 0 Å². The van der Waals surface area contributed by atoms with Crippen molar-refractivity contribution >= 4 is 43.5 Å². The van der Waals surface area contributed by atoms with E-state index in [1.165, 1.54) is 0 Å². The first-order valence-corrected chi connectivity index (χ1v) is 12.0. The van der Waals surface area contributed by atoms with Gasteiger partial charge in [-0.25, -0.2) is 13.1 Å². The number of hydrogen-bond acceptors (Lipinski definition) is 4. The molecule has 0 aromatic heterocycles. The van der Waals surface area contributed by atoms with Crippen molar-refractivity contribution in [3.05, 3.63) is 33.3 Å². The van der Waals surface area contributed by atoms with Gasteiger partial charge in [0.15, 0.2) is 0 Å². The first kappa shape index (κ1) is 25.4. The molecule has 3 atom stereocenters. The van der Waals surface area contributed by atoms with Gasteiger partial charge in [0.2, 0.25) is 10.0 Å². The van der Waals surface area contributed by atoms with Gasteiger partial charge in [0.1, 0.15) is 0 Å². The molecule has 1 N–H and O–H groups in total. The molecule has 0 spiro atoms. The van der Waals surface area contributed by atoms with E-state index in [1.54, 1.807) is 52.8 Å². The van der Waals surface area contributed by atoms with E-state index in [-0.39, 0.29) is 12.5 Å². The third kappa shape index (κ3) is 5.49. The summed E-state index contributed by atoms with van der Waals surface area (Å²) in [4.78, 5) is 13.0. The highest BCUT2D eigenvalue weighted by molar-refractivity contribution is 9.10. The lowest BCUT2D eigenvalue weighted by molar-refractivity contribution is -0.153. The first-order valence-electron chi connectivity index (χ1n) is 9.36. The molecule has 0 aliphatic rings. The Morgan fingerprint density at radius 2 is 1.82 bits per heavy atom. The number of hydrogen-bond donors (Lipinski definition) is 1. The number of ether oxygens (including phenoxy) is 1. The first-order chi connectivity index (χ1) is 12.7. The zero-order valence-corrected chi connectivity index (χ0v) is 20.8. The predicted molar refractivity (Wildman–Crippen MR) is 118 cm³/mol. The van der Waals surface area contributed by atoms with Crippen molar-refractivity contribution in [1.29, 1.82) is 0 Å². The van der Waals surface area contributed by atoms with Crippen molar-refractivity contribution in [3.8, 4) is 0 Å².